The summed E-state index contributed by atoms with van der Waals surface area (Å²) in [5, 5.41) is 10.6. The lowest BCUT2D eigenvalue weighted by Crippen LogP contribution is -2.02. The first-order valence-electron chi connectivity index (χ1n) is 4.33. The molecular formula is C10H9NO5. The van der Waals surface area contributed by atoms with E-state index >= 15 is 0 Å². The summed E-state index contributed by atoms with van der Waals surface area (Å²) in [4.78, 5) is 31.8. The third-order valence-electron chi connectivity index (χ3n) is 2.05. The van der Waals surface area contributed by atoms with Crippen molar-refractivity contribution in [1.82, 2.24) is 0 Å². The summed E-state index contributed by atoms with van der Waals surface area (Å²) in [6.45, 7) is 1.27. The summed E-state index contributed by atoms with van der Waals surface area (Å²) in [6.07, 6.45) is 0.352. The molecule has 0 fully saturated rings. The van der Waals surface area contributed by atoms with Gasteiger partial charge in [-0.1, -0.05) is 0 Å². The Kier molecular flexibility index (Phi) is 3.34. The summed E-state index contributed by atoms with van der Waals surface area (Å²) in [7, 11) is 1.32. The van der Waals surface area contributed by atoms with Crippen LogP contribution >= 0.6 is 0 Å². The molecule has 0 radical (unpaired) electrons. The molecule has 0 amide bonds. The molecule has 0 unspecified atom stereocenters. The molecule has 0 spiro atoms. The van der Waals surface area contributed by atoms with Gasteiger partial charge in [-0.3, -0.25) is 19.7 Å². The van der Waals surface area contributed by atoms with Gasteiger partial charge in [-0.25, -0.2) is 0 Å². The van der Waals surface area contributed by atoms with Crippen LogP contribution in [0.3, 0.4) is 0 Å². The Labute approximate surface area is 91.0 Å². The van der Waals surface area contributed by atoms with Crippen LogP contribution in [0.1, 0.15) is 27.6 Å². The van der Waals surface area contributed by atoms with Gasteiger partial charge >= 0.3 is 0 Å². The van der Waals surface area contributed by atoms with Crippen molar-refractivity contribution in [2.24, 2.45) is 0 Å². The van der Waals surface area contributed by atoms with Gasteiger partial charge in [0.1, 0.15) is 5.75 Å². The van der Waals surface area contributed by atoms with Gasteiger partial charge in [0.25, 0.3) is 5.69 Å². The third kappa shape index (κ3) is 2.05. The molecule has 6 heteroatoms. The first-order valence-corrected chi connectivity index (χ1v) is 4.33. The third-order valence-corrected chi connectivity index (χ3v) is 2.05. The number of nitro benzene ring substituents is 1. The monoisotopic (exact) mass is 223 g/mol. The highest BCUT2D eigenvalue weighted by molar-refractivity contribution is 5.99. The minimum Gasteiger partial charge on any atom is -0.496 e. The molecule has 0 saturated heterocycles. The van der Waals surface area contributed by atoms with E-state index in [1.807, 2.05) is 0 Å². The smallest absolute Gasteiger partial charge is 0.280 e. The molecular weight excluding hydrogens is 214 g/mol. The Morgan fingerprint density at radius 1 is 1.50 bits per heavy atom. The second-order valence-electron chi connectivity index (χ2n) is 3.04. The van der Waals surface area contributed by atoms with E-state index in [0.29, 0.717) is 6.29 Å². The minimum atomic E-state index is -0.713. The SMILES string of the molecule is COc1cc(C=O)c([N+](=O)[O-])cc1C(C)=O. The summed E-state index contributed by atoms with van der Waals surface area (Å²) in [5.74, 6) is -0.211. The lowest BCUT2D eigenvalue weighted by atomic mass is 10.1. The second-order valence-corrected chi connectivity index (χ2v) is 3.04. The fourth-order valence-corrected chi connectivity index (χ4v) is 1.28. The number of hydrogen-bond donors (Lipinski definition) is 0. The normalized spacial score (nSPS) is 9.62. The molecule has 1 aromatic carbocycles. The van der Waals surface area contributed by atoms with Crippen molar-refractivity contribution in [2.75, 3.05) is 7.11 Å². The number of benzene rings is 1. The van der Waals surface area contributed by atoms with Crippen LogP contribution < -0.4 is 4.74 Å². The maximum absolute atomic E-state index is 11.2. The first-order chi connectivity index (χ1) is 7.51. The molecule has 0 aliphatic rings. The van der Waals surface area contributed by atoms with Gasteiger partial charge in [0, 0.05) is 6.07 Å². The van der Waals surface area contributed by atoms with Gasteiger partial charge < -0.3 is 4.74 Å². The molecule has 0 aliphatic heterocycles. The van der Waals surface area contributed by atoms with Crippen molar-refractivity contribution in [3.8, 4) is 5.75 Å². The van der Waals surface area contributed by atoms with E-state index in [1.54, 1.807) is 0 Å². The van der Waals surface area contributed by atoms with Crippen molar-refractivity contribution in [3.63, 3.8) is 0 Å². The number of ether oxygens (including phenoxy) is 1. The lowest BCUT2D eigenvalue weighted by molar-refractivity contribution is -0.385. The fourth-order valence-electron chi connectivity index (χ4n) is 1.28. The topological polar surface area (TPSA) is 86.5 Å². The summed E-state index contributed by atoms with van der Waals surface area (Å²) < 4.78 is 4.88. The number of hydrogen-bond acceptors (Lipinski definition) is 5. The predicted octanol–water partition coefficient (Wildman–Crippen LogP) is 1.62. The largest absolute Gasteiger partial charge is 0.496 e. The number of nitrogens with zero attached hydrogens (tertiary/aromatic N) is 1. The Bertz CT molecular complexity index is 467. The zero-order valence-corrected chi connectivity index (χ0v) is 8.72. The maximum Gasteiger partial charge on any atom is 0.280 e. The molecule has 84 valence electrons. The maximum atomic E-state index is 11.2. The Hall–Kier alpha value is -2.24. The summed E-state index contributed by atoms with van der Waals surface area (Å²) in [6, 6.07) is 2.23. The van der Waals surface area contributed by atoms with Gasteiger partial charge in [-0.05, 0) is 13.0 Å². The molecule has 0 saturated carbocycles. The van der Waals surface area contributed by atoms with Crippen LogP contribution in [0.25, 0.3) is 0 Å². The van der Waals surface area contributed by atoms with E-state index < -0.39 is 10.6 Å². The zero-order valence-electron chi connectivity index (χ0n) is 8.72. The number of carbonyl (C=O) groups excluding carboxylic acids is 2. The predicted molar refractivity (Wildman–Crippen MR) is 55.0 cm³/mol. The van der Waals surface area contributed by atoms with E-state index in [-0.39, 0.29) is 22.7 Å². The van der Waals surface area contributed by atoms with Crippen LogP contribution in [-0.2, 0) is 0 Å². The quantitative estimate of drug-likeness (QED) is 0.335. The average molecular weight is 223 g/mol. The molecule has 0 atom stereocenters. The molecule has 1 aromatic rings. The molecule has 1 rings (SSSR count). The summed E-state index contributed by atoms with van der Waals surface area (Å²) >= 11 is 0. The standard InChI is InChI=1S/C10H9NO5/c1-6(13)8-4-9(11(14)15)7(5-12)3-10(8)16-2/h3-5H,1-2H3. The Morgan fingerprint density at radius 3 is 2.50 bits per heavy atom. The number of rotatable bonds is 4. The molecule has 0 aromatic heterocycles. The summed E-state index contributed by atoms with van der Waals surface area (Å²) in [5.41, 5.74) is -0.437. The van der Waals surface area contributed by atoms with Gasteiger partial charge in [-0.15, -0.1) is 0 Å². The van der Waals surface area contributed by atoms with Crippen LogP contribution in [0, 0.1) is 10.1 Å². The van der Waals surface area contributed by atoms with Crippen molar-refractivity contribution in [2.45, 2.75) is 6.92 Å². The van der Waals surface area contributed by atoms with Crippen molar-refractivity contribution < 1.29 is 19.2 Å². The van der Waals surface area contributed by atoms with Crippen LogP contribution in [0.15, 0.2) is 12.1 Å². The van der Waals surface area contributed by atoms with Crippen LogP contribution in [0.5, 0.6) is 5.75 Å². The molecule has 6 nitrogen and oxygen atoms in total. The number of Topliss-reactive ketones (excluding diaryl/α,β-unsaturated/α-hetero) is 1. The van der Waals surface area contributed by atoms with Crippen LogP contribution in [-0.4, -0.2) is 24.1 Å². The average Bonchev–Trinajstić information content (AvgIpc) is 2.26. The second kappa shape index (κ2) is 4.52. The van der Waals surface area contributed by atoms with Gasteiger partial charge in [0.15, 0.2) is 12.1 Å². The Morgan fingerprint density at radius 2 is 2.12 bits per heavy atom. The van der Waals surface area contributed by atoms with Crippen molar-refractivity contribution in [3.05, 3.63) is 33.4 Å². The van der Waals surface area contributed by atoms with E-state index in [9.17, 15) is 19.7 Å². The van der Waals surface area contributed by atoms with Gasteiger partial charge in [0.2, 0.25) is 0 Å². The number of aldehydes is 1. The minimum absolute atomic E-state index is 0.0831. The molecule has 0 heterocycles. The van der Waals surface area contributed by atoms with Crippen LogP contribution in [0.2, 0.25) is 0 Å². The number of ketones is 1. The number of carbonyl (C=O) groups is 2. The van der Waals surface area contributed by atoms with Gasteiger partial charge in [-0.2, -0.15) is 0 Å². The van der Waals surface area contributed by atoms with E-state index in [2.05, 4.69) is 0 Å². The highest BCUT2D eigenvalue weighted by atomic mass is 16.6. The highest BCUT2D eigenvalue weighted by Gasteiger charge is 2.20. The number of methoxy groups -OCH3 is 1. The van der Waals surface area contributed by atoms with E-state index in [4.69, 9.17) is 4.74 Å². The molecule has 0 bridgehead atoms. The first kappa shape index (κ1) is 11.8. The highest BCUT2D eigenvalue weighted by Crippen LogP contribution is 2.27. The Balaban J connectivity index is 3.52. The van der Waals surface area contributed by atoms with Crippen LogP contribution in [0.4, 0.5) is 5.69 Å². The molecule has 0 N–H and O–H groups in total. The van der Waals surface area contributed by atoms with E-state index in [0.717, 1.165) is 6.07 Å². The van der Waals surface area contributed by atoms with Crippen molar-refractivity contribution in [1.29, 1.82) is 0 Å². The molecule has 16 heavy (non-hydrogen) atoms. The van der Waals surface area contributed by atoms with E-state index in [1.165, 1.54) is 20.1 Å². The van der Waals surface area contributed by atoms with Gasteiger partial charge in [0.05, 0.1) is 23.2 Å². The fraction of sp³-hybridized carbons (Fsp3) is 0.200. The lowest BCUT2D eigenvalue weighted by Gasteiger charge is -2.06. The molecule has 0 aliphatic carbocycles. The number of nitro groups is 1. The van der Waals surface area contributed by atoms with Crippen molar-refractivity contribution >= 4 is 17.8 Å². The zero-order chi connectivity index (χ0) is 12.3.